The Morgan fingerprint density at radius 3 is 2.90 bits per heavy atom. The SMILES string of the molecule is COCC1CCN(S(=O)(=O)c2ccccc2C#CCN)C1. The molecule has 114 valence electrons. The van der Waals surface area contributed by atoms with Gasteiger partial charge in [-0.15, -0.1) is 0 Å². The monoisotopic (exact) mass is 308 g/mol. The quantitative estimate of drug-likeness (QED) is 0.829. The smallest absolute Gasteiger partial charge is 0.244 e. The van der Waals surface area contributed by atoms with Crippen molar-refractivity contribution in [1.82, 2.24) is 4.31 Å². The molecule has 0 aromatic heterocycles. The van der Waals surface area contributed by atoms with Crippen molar-refractivity contribution in [2.45, 2.75) is 11.3 Å². The molecule has 1 saturated heterocycles. The lowest BCUT2D eigenvalue weighted by Crippen LogP contribution is -2.30. The van der Waals surface area contributed by atoms with Gasteiger partial charge in [0.15, 0.2) is 0 Å². The zero-order chi connectivity index (χ0) is 15.3. The number of rotatable bonds is 4. The molecule has 0 bridgehead atoms. The van der Waals surface area contributed by atoms with Gasteiger partial charge in [0.05, 0.1) is 18.0 Å². The molecule has 1 aromatic carbocycles. The molecule has 5 nitrogen and oxygen atoms in total. The number of sulfonamides is 1. The van der Waals surface area contributed by atoms with Crippen molar-refractivity contribution in [2.24, 2.45) is 11.7 Å². The van der Waals surface area contributed by atoms with E-state index in [1.54, 1.807) is 31.4 Å². The first kappa shape index (κ1) is 16.0. The van der Waals surface area contributed by atoms with Crippen molar-refractivity contribution >= 4 is 10.0 Å². The largest absolute Gasteiger partial charge is 0.384 e. The molecule has 1 atom stereocenters. The van der Waals surface area contributed by atoms with Crippen molar-refractivity contribution < 1.29 is 13.2 Å². The van der Waals surface area contributed by atoms with Gasteiger partial charge in [-0.1, -0.05) is 24.0 Å². The first-order chi connectivity index (χ1) is 10.1. The van der Waals surface area contributed by atoms with E-state index in [1.165, 1.54) is 4.31 Å². The van der Waals surface area contributed by atoms with Gasteiger partial charge in [0.25, 0.3) is 0 Å². The van der Waals surface area contributed by atoms with Gasteiger partial charge < -0.3 is 10.5 Å². The Morgan fingerprint density at radius 1 is 1.43 bits per heavy atom. The summed E-state index contributed by atoms with van der Waals surface area (Å²) in [6.45, 7) is 1.80. The highest BCUT2D eigenvalue weighted by atomic mass is 32.2. The number of hydrogen-bond acceptors (Lipinski definition) is 4. The van der Waals surface area contributed by atoms with E-state index in [2.05, 4.69) is 11.8 Å². The molecule has 0 amide bonds. The van der Waals surface area contributed by atoms with Crippen LogP contribution >= 0.6 is 0 Å². The predicted molar refractivity (Wildman–Crippen MR) is 81.1 cm³/mol. The minimum atomic E-state index is -3.52. The number of ether oxygens (including phenoxy) is 1. The van der Waals surface area contributed by atoms with Gasteiger partial charge in [-0.3, -0.25) is 0 Å². The van der Waals surface area contributed by atoms with Crippen molar-refractivity contribution in [3.05, 3.63) is 29.8 Å². The Labute approximate surface area is 126 Å². The average Bonchev–Trinajstić information content (AvgIpc) is 2.95. The summed E-state index contributed by atoms with van der Waals surface area (Å²) in [7, 11) is -1.88. The standard InChI is InChI=1S/C15H20N2O3S/c1-20-12-13-8-10-17(11-13)21(18,19)15-7-3-2-5-14(15)6-4-9-16/h2-3,5,7,13H,8-12,16H2,1H3. The minimum Gasteiger partial charge on any atom is -0.384 e. The van der Waals surface area contributed by atoms with E-state index in [0.29, 0.717) is 25.3 Å². The fourth-order valence-corrected chi connectivity index (χ4v) is 4.15. The second kappa shape index (κ2) is 7.05. The summed E-state index contributed by atoms with van der Waals surface area (Å²) in [4.78, 5) is 0.254. The van der Waals surface area contributed by atoms with Crippen molar-refractivity contribution in [3.8, 4) is 11.8 Å². The van der Waals surface area contributed by atoms with Crippen LogP contribution in [-0.2, 0) is 14.8 Å². The summed E-state index contributed by atoms with van der Waals surface area (Å²) >= 11 is 0. The maximum atomic E-state index is 12.8. The van der Waals surface area contributed by atoms with Crippen molar-refractivity contribution in [3.63, 3.8) is 0 Å². The van der Waals surface area contributed by atoms with Crippen LogP contribution in [0, 0.1) is 17.8 Å². The first-order valence-electron chi connectivity index (χ1n) is 6.86. The lowest BCUT2D eigenvalue weighted by Gasteiger charge is -2.17. The molecule has 1 unspecified atom stereocenters. The summed E-state index contributed by atoms with van der Waals surface area (Å²) in [5, 5.41) is 0. The molecule has 0 saturated carbocycles. The number of hydrogen-bond donors (Lipinski definition) is 1. The van der Waals surface area contributed by atoms with Crippen LogP contribution in [0.2, 0.25) is 0 Å². The second-order valence-electron chi connectivity index (χ2n) is 4.98. The van der Waals surface area contributed by atoms with Crippen molar-refractivity contribution in [2.75, 3.05) is 33.4 Å². The third-order valence-electron chi connectivity index (χ3n) is 3.48. The van der Waals surface area contributed by atoms with Crippen LogP contribution in [0.25, 0.3) is 0 Å². The highest BCUT2D eigenvalue weighted by Gasteiger charge is 2.33. The van der Waals surface area contributed by atoms with Crippen LogP contribution in [0.1, 0.15) is 12.0 Å². The minimum absolute atomic E-state index is 0.202. The maximum absolute atomic E-state index is 12.8. The molecule has 1 aliphatic heterocycles. The Hall–Kier alpha value is -1.39. The van der Waals surface area contributed by atoms with Crippen LogP contribution in [0.3, 0.4) is 0 Å². The summed E-state index contributed by atoms with van der Waals surface area (Å²) in [5.41, 5.74) is 5.86. The predicted octanol–water partition coefficient (Wildman–Crippen LogP) is 0.654. The number of nitrogens with two attached hydrogens (primary N) is 1. The molecule has 1 fully saturated rings. The molecular formula is C15H20N2O3S. The Bertz CT molecular complexity index is 646. The zero-order valence-electron chi connectivity index (χ0n) is 12.1. The highest BCUT2D eigenvalue weighted by Crippen LogP contribution is 2.26. The number of nitrogens with zero attached hydrogens (tertiary/aromatic N) is 1. The topological polar surface area (TPSA) is 72.6 Å². The first-order valence-corrected chi connectivity index (χ1v) is 8.30. The van der Waals surface area contributed by atoms with Gasteiger partial charge in [0.2, 0.25) is 10.0 Å². The molecular weight excluding hydrogens is 288 g/mol. The molecule has 0 radical (unpaired) electrons. The molecule has 21 heavy (non-hydrogen) atoms. The summed E-state index contributed by atoms with van der Waals surface area (Å²) < 4.78 is 32.1. The fourth-order valence-electron chi connectivity index (χ4n) is 2.47. The molecule has 1 aromatic rings. The summed E-state index contributed by atoms with van der Waals surface area (Å²) in [6.07, 6.45) is 0.823. The lowest BCUT2D eigenvalue weighted by atomic mass is 10.1. The molecule has 0 spiro atoms. The van der Waals surface area contributed by atoms with E-state index < -0.39 is 10.0 Å². The van der Waals surface area contributed by atoms with Gasteiger partial charge in [0, 0.05) is 25.8 Å². The molecule has 0 aliphatic carbocycles. The summed E-state index contributed by atoms with van der Waals surface area (Å²) in [6, 6.07) is 6.79. The van der Waals surface area contributed by atoms with Gasteiger partial charge >= 0.3 is 0 Å². The lowest BCUT2D eigenvalue weighted by molar-refractivity contribution is 0.157. The normalized spacial score (nSPS) is 19.2. The van der Waals surface area contributed by atoms with Gasteiger partial charge in [-0.25, -0.2) is 8.42 Å². The zero-order valence-corrected chi connectivity index (χ0v) is 12.9. The highest BCUT2D eigenvalue weighted by molar-refractivity contribution is 7.89. The third-order valence-corrected chi connectivity index (χ3v) is 5.40. The van der Waals surface area contributed by atoms with E-state index in [4.69, 9.17) is 10.5 Å². The van der Waals surface area contributed by atoms with Gasteiger partial charge in [-0.2, -0.15) is 4.31 Å². The van der Waals surface area contributed by atoms with E-state index in [-0.39, 0.29) is 17.4 Å². The Balaban J connectivity index is 2.29. The molecule has 6 heteroatoms. The molecule has 1 heterocycles. The number of methoxy groups -OCH3 is 1. The molecule has 2 rings (SSSR count). The van der Waals surface area contributed by atoms with E-state index in [0.717, 1.165) is 6.42 Å². The summed E-state index contributed by atoms with van der Waals surface area (Å²) in [5.74, 6) is 5.80. The van der Waals surface area contributed by atoms with Crippen LogP contribution in [0.4, 0.5) is 0 Å². The van der Waals surface area contributed by atoms with Crippen LogP contribution in [0.15, 0.2) is 29.2 Å². The Kier molecular flexibility index (Phi) is 5.37. The fraction of sp³-hybridized carbons (Fsp3) is 0.467. The second-order valence-corrected chi connectivity index (χ2v) is 6.88. The maximum Gasteiger partial charge on any atom is 0.244 e. The van der Waals surface area contributed by atoms with Crippen molar-refractivity contribution in [1.29, 1.82) is 0 Å². The average molecular weight is 308 g/mol. The van der Waals surface area contributed by atoms with Crippen LogP contribution in [0.5, 0.6) is 0 Å². The van der Waals surface area contributed by atoms with Crippen LogP contribution < -0.4 is 5.73 Å². The van der Waals surface area contributed by atoms with E-state index in [9.17, 15) is 8.42 Å². The van der Waals surface area contributed by atoms with Gasteiger partial charge in [0.1, 0.15) is 0 Å². The van der Waals surface area contributed by atoms with E-state index >= 15 is 0 Å². The van der Waals surface area contributed by atoms with Crippen LogP contribution in [-0.4, -0.2) is 46.1 Å². The van der Waals surface area contributed by atoms with Gasteiger partial charge in [-0.05, 0) is 24.5 Å². The molecule has 2 N–H and O–H groups in total. The van der Waals surface area contributed by atoms with E-state index in [1.807, 2.05) is 0 Å². The molecule has 1 aliphatic rings. The number of benzene rings is 1. The Morgan fingerprint density at radius 2 is 2.19 bits per heavy atom. The third kappa shape index (κ3) is 3.63.